The van der Waals surface area contributed by atoms with Gasteiger partial charge in [-0.3, -0.25) is 9.81 Å². The van der Waals surface area contributed by atoms with Gasteiger partial charge in [0, 0.05) is 18.8 Å². The van der Waals surface area contributed by atoms with Gasteiger partial charge in [0.2, 0.25) is 0 Å². The predicted octanol–water partition coefficient (Wildman–Crippen LogP) is 1.57. The monoisotopic (exact) mass is 289 g/mol. The summed E-state index contributed by atoms with van der Waals surface area (Å²) in [5.74, 6) is -0.647. The Hall–Kier alpha value is -1.15. The number of hydrogen-bond donors (Lipinski definition) is 2. The maximum absolute atomic E-state index is 10.8. The van der Waals surface area contributed by atoms with Crippen LogP contribution in [0.4, 0.5) is 5.69 Å². The lowest BCUT2D eigenvalue weighted by atomic mass is 10.2. The van der Waals surface area contributed by atoms with Crippen LogP contribution in [-0.4, -0.2) is 43.2 Å². The Labute approximate surface area is 113 Å². The van der Waals surface area contributed by atoms with Crippen LogP contribution in [0.15, 0.2) is 24.3 Å². The third kappa shape index (κ3) is 5.56. The first kappa shape index (κ1) is 15.9. The Morgan fingerprint density at radius 2 is 2.11 bits per heavy atom. The minimum atomic E-state index is -4.19. The average molecular weight is 289 g/mol. The third-order valence-electron chi connectivity index (χ3n) is 2.72. The summed E-state index contributed by atoms with van der Waals surface area (Å²) >= 11 is 0. The normalized spacial score (nSPS) is 13.3. The predicted molar refractivity (Wildman–Crippen MR) is 73.0 cm³/mol. The molecule has 0 aliphatic heterocycles. The van der Waals surface area contributed by atoms with E-state index in [4.69, 9.17) is 9.81 Å². The molecule has 1 aromatic carbocycles. The van der Waals surface area contributed by atoms with Crippen molar-refractivity contribution in [3.63, 3.8) is 0 Å². The molecule has 2 N–H and O–H groups in total. The van der Waals surface area contributed by atoms with Crippen LogP contribution in [-0.2, 0) is 15.0 Å². The highest BCUT2D eigenvalue weighted by molar-refractivity contribution is 7.85. The number of nitrogens with zero attached hydrogens (tertiary/aromatic N) is 1. The van der Waals surface area contributed by atoms with E-state index >= 15 is 0 Å². The van der Waals surface area contributed by atoms with E-state index in [1.165, 1.54) is 0 Å². The summed E-state index contributed by atoms with van der Waals surface area (Å²) in [6.07, 6.45) is -1.00. The molecule has 7 heteroatoms. The van der Waals surface area contributed by atoms with Crippen LogP contribution < -0.4 is 4.90 Å². The van der Waals surface area contributed by atoms with Crippen LogP contribution >= 0.6 is 0 Å². The fourth-order valence-corrected chi connectivity index (χ4v) is 2.48. The molecule has 0 saturated heterocycles. The largest absolute Gasteiger partial charge is 0.369 e. The summed E-state index contributed by atoms with van der Waals surface area (Å²) in [6, 6.07) is 7.68. The van der Waals surface area contributed by atoms with Gasteiger partial charge in [0.15, 0.2) is 0 Å². The molecule has 0 spiro atoms. The highest BCUT2D eigenvalue weighted by atomic mass is 32.2. The van der Waals surface area contributed by atoms with E-state index in [1.54, 1.807) is 0 Å². The van der Waals surface area contributed by atoms with Crippen LogP contribution in [0.5, 0.6) is 0 Å². The number of anilines is 1. The number of hydrogen-bond acceptors (Lipinski definition) is 5. The van der Waals surface area contributed by atoms with Crippen LogP contribution in [0.1, 0.15) is 12.5 Å². The molecule has 0 saturated carbocycles. The van der Waals surface area contributed by atoms with Crippen molar-refractivity contribution in [2.24, 2.45) is 0 Å². The quantitative estimate of drug-likeness (QED) is 0.450. The lowest BCUT2D eigenvalue weighted by Crippen LogP contribution is -2.37. The molecule has 0 bridgehead atoms. The molecular formula is C12H19NO5S. The second kappa shape index (κ2) is 6.85. The van der Waals surface area contributed by atoms with E-state index in [-0.39, 0.29) is 6.54 Å². The van der Waals surface area contributed by atoms with Crippen LogP contribution in [0.3, 0.4) is 0 Å². The van der Waals surface area contributed by atoms with E-state index < -0.39 is 22.0 Å². The second-order valence-electron chi connectivity index (χ2n) is 4.35. The minimum absolute atomic E-state index is 0.163. The Balaban J connectivity index is 2.80. The van der Waals surface area contributed by atoms with Crippen molar-refractivity contribution in [1.82, 2.24) is 0 Å². The molecule has 0 heterocycles. The molecule has 0 aromatic heterocycles. The molecule has 0 amide bonds. The fourth-order valence-electron chi connectivity index (χ4n) is 1.84. The van der Waals surface area contributed by atoms with Crippen molar-refractivity contribution >= 4 is 15.8 Å². The maximum atomic E-state index is 10.8. The fraction of sp³-hybridized carbons (Fsp3) is 0.500. The molecule has 0 radical (unpaired) electrons. The second-order valence-corrected chi connectivity index (χ2v) is 5.85. The Bertz CT molecular complexity index is 503. The van der Waals surface area contributed by atoms with Gasteiger partial charge in [-0.15, -0.1) is 0 Å². The van der Waals surface area contributed by atoms with Crippen LogP contribution in [0, 0.1) is 6.92 Å². The SMILES string of the molecule is CCN(CC(CS(=O)(=O)O)OO)c1cccc(C)c1. The van der Waals surface area contributed by atoms with Crippen molar-refractivity contribution in [3.8, 4) is 0 Å². The number of likely N-dealkylation sites (N-methyl/N-ethyl adjacent to an activating group) is 1. The van der Waals surface area contributed by atoms with Gasteiger partial charge in [-0.05, 0) is 31.5 Å². The summed E-state index contributed by atoms with van der Waals surface area (Å²) in [5, 5.41) is 8.73. The zero-order chi connectivity index (χ0) is 14.5. The van der Waals surface area contributed by atoms with E-state index in [1.807, 2.05) is 43.0 Å². The summed E-state index contributed by atoms with van der Waals surface area (Å²) in [5.41, 5.74) is 1.98. The van der Waals surface area contributed by atoms with Crippen molar-refractivity contribution in [2.75, 3.05) is 23.7 Å². The van der Waals surface area contributed by atoms with Crippen molar-refractivity contribution < 1.29 is 23.1 Å². The number of benzene rings is 1. The molecule has 1 atom stereocenters. The Morgan fingerprint density at radius 1 is 1.42 bits per heavy atom. The van der Waals surface area contributed by atoms with Crippen LogP contribution in [0.25, 0.3) is 0 Å². The Kier molecular flexibility index (Phi) is 5.74. The van der Waals surface area contributed by atoms with Crippen LogP contribution in [0.2, 0.25) is 0 Å². The van der Waals surface area contributed by atoms with Gasteiger partial charge in [0.25, 0.3) is 10.1 Å². The van der Waals surface area contributed by atoms with E-state index in [0.717, 1.165) is 11.3 Å². The van der Waals surface area contributed by atoms with Gasteiger partial charge in [-0.1, -0.05) is 12.1 Å². The molecule has 1 rings (SSSR count). The third-order valence-corrected chi connectivity index (χ3v) is 3.51. The molecule has 6 nitrogen and oxygen atoms in total. The molecule has 0 aliphatic rings. The first-order valence-corrected chi connectivity index (χ1v) is 7.53. The first-order chi connectivity index (χ1) is 8.85. The zero-order valence-corrected chi connectivity index (χ0v) is 11.8. The molecule has 1 unspecified atom stereocenters. The number of rotatable bonds is 7. The van der Waals surface area contributed by atoms with Gasteiger partial charge in [-0.25, -0.2) is 4.89 Å². The van der Waals surface area contributed by atoms with Gasteiger partial charge in [0.1, 0.15) is 11.9 Å². The van der Waals surface area contributed by atoms with E-state index in [0.29, 0.717) is 6.54 Å². The molecule has 0 fully saturated rings. The standard InChI is InChI=1S/C12H19NO5S/c1-3-13(11-6-4-5-10(2)7-11)8-12(18-14)9-19(15,16)17/h4-7,12,14H,3,8-9H2,1-2H3,(H,15,16,17). The molecule has 1 aromatic rings. The zero-order valence-electron chi connectivity index (χ0n) is 11.0. The highest BCUT2D eigenvalue weighted by Gasteiger charge is 2.21. The van der Waals surface area contributed by atoms with Crippen molar-refractivity contribution in [1.29, 1.82) is 0 Å². The summed E-state index contributed by atoms with van der Waals surface area (Å²) in [4.78, 5) is 5.99. The topological polar surface area (TPSA) is 87.1 Å². The summed E-state index contributed by atoms with van der Waals surface area (Å²) < 4.78 is 30.4. The summed E-state index contributed by atoms with van der Waals surface area (Å²) in [6.45, 7) is 4.64. The lowest BCUT2D eigenvalue weighted by Gasteiger charge is -2.26. The molecule has 0 aliphatic carbocycles. The van der Waals surface area contributed by atoms with Gasteiger partial charge in [0.05, 0.1) is 0 Å². The van der Waals surface area contributed by atoms with Crippen molar-refractivity contribution in [3.05, 3.63) is 29.8 Å². The highest BCUT2D eigenvalue weighted by Crippen LogP contribution is 2.16. The van der Waals surface area contributed by atoms with E-state index in [9.17, 15) is 8.42 Å². The van der Waals surface area contributed by atoms with Crippen molar-refractivity contribution in [2.45, 2.75) is 20.0 Å². The average Bonchev–Trinajstić information content (AvgIpc) is 2.32. The van der Waals surface area contributed by atoms with Gasteiger partial charge in [-0.2, -0.15) is 8.42 Å². The molecule has 108 valence electrons. The maximum Gasteiger partial charge on any atom is 0.267 e. The lowest BCUT2D eigenvalue weighted by molar-refractivity contribution is -0.270. The molecule has 19 heavy (non-hydrogen) atoms. The minimum Gasteiger partial charge on any atom is -0.369 e. The molecular weight excluding hydrogens is 270 g/mol. The summed E-state index contributed by atoms with van der Waals surface area (Å²) in [7, 11) is -4.19. The van der Waals surface area contributed by atoms with E-state index in [2.05, 4.69) is 4.89 Å². The number of aryl methyl sites for hydroxylation is 1. The van der Waals surface area contributed by atoms with Gasteiger partial charge >= 0.3 is 0 Å². The first-order valence-electron chi connectivity index (χ1n) is 5.92. The Morgan fingerprint density at radius 3 is 2.58 bits per heavy atom. The smallest absolute Gasteiger partial charge is 0.267 e. The van der Waals surface area contributed by atoms with Gasteiger partial charge < -0.3 is 4.90 Å².